The van der Waals surface area contributed by atoms with Crippen molar-refractivity contribution in [2.45, 2.75) is 9.79 Å². The number of pyridine rings is 1. The first-order valence-electron chi connectivity index (χ1n) is 4.86. The molecule has 84 valence electrons. The average molecular weight is 243 g/mol. The molecule has 1 aromatic carbocycles. The molecule has 1 heterocycles. The lowest BCUT2D eigenvalue weighted by molar-refractivity contribution is 0.596. The van der Waals surface area contributed by atoms with E-state index in [9.17, 15) is 8.42 Å². The highest BCUT2D eigenvalue weighted by molar-refractivity contribution is 7.91. The normalized spacial score (nSPS) is 10.8. The van der Waals surface area contributed by atoms with E-state index in [1.165, 1.54) is 36.7 Å². The number of hydrogen-bond acceptors (Lipinski definition) is 3. The van der Waals surface area contributed by atoms with Crippen LogP contribution in [0.1, 0.15) is 5.56 Å². The van der Waals surface area contributed by atoms with Crippen molar-refractivity contribution in [2.24, 2.45) is 0 Å². The molecule has 0 spiro atoms. The summed E-state index contributed by atoms with van der Waals surface area (Å²) >= 11 is 0. The number of benzene rings is 1. The zero-order chi connectivity index (χ0) is 12.3. The smallest absolute Gasteiger partial charge is 0.206 e. The second-order valence-electron chi connectivity index (χ2n) is 3.36. The minimum Gasteiger partial charge on any atom is -0.265 e. The molecule has 0 radical (unpaired) electrons. The fourth-order valence-electron chi connectivity index (χ4n) is 1.38. The summed E-state index contributed by atoms with van der Waals surface area (Å²) in [5.41, 5.74) is 0.652. The fourth-order valence-corrected chi connectivity index (χ4v) is 2.63. The number of sulfone groups is 1. The molecule has 0 atom stereocenters. The molecule has 1 aromatic heterocycles. The molecule has 0 aliphatic rings. The third-order valence-corrected chi connectivity index (χ3v) is 4.08. The van der Waals surface area contributed by atoms with Crippen LogP contribution in [0.15, 0.2) is 58.6 Å². The molecule has 0 saturated carbocycles. The van der Waals surface area contributed by atoms with Crippen LogP contribution >= 0.6 is 0 Å². The van der Waals surface area contributed by atoms with Gasteiger partial charge in [-0.1, -0.05) is 5.92 Å². The van der Waals surface area contributed by atoms with Gasteiger partial charge in [0, 0.05) is 18.0 Å². The summed E-state index contributed by atoms with van der Waals surface area (Å²) in [6.45, 7) is 0. The van der Waals surface area contributed by atoms with Crippen LogP contribution in [0, 0.1) is 12.3 Å². The maximum atomic E-state index is 12.2. The monoisotopic (exact) mass is 243 g/mol. The standard InChI is InChI=1S/C13H9NO2S/c1-2-11-3-5-12(6-4-11)17(15,16)13-7-9-14-10-8-13/h1,3-10H. The molecule has 0 bridgehead atoms. The van der Waals surface area contributed by atoms with Gasteiger partial charge in [0.15, 0.2) is 0 Å². The van der Waals surface area contributed by atoms with E-state index in [0.29, 0.717) is 5.56 Å². The molecule has 0 aliphatic carbocycles. The van der Waals surface area contributed by atoms with E-state index in [0.717, 1.165) is 0 Å². The third-order valence-electron chi connectivity index (χ3n) is 2.29. The van der Waals surface area contributed by atoms with E-state index in [4.69, 9.17) is 6.42 Å². The molecule has 0 unspecified atom stereocenters. The fraction of sp³-hybridized carbons (Fsp3) is 0. The summed E-state index contributed by atoms with van der Waals surface area (Å²) in [6.07, 6.45) is 8.11. The Balaban J connectivity index is 2.50. The summed E-state index contributed by atoms with van der Waals surface area (Å²) in [5, 5.41) is 0. The van der Waals surface area contributed by atoms with Crippen LogP contribution in [0.4, 0.5) is 0 Å². The highest BCUT2D eigenvalue weighted by atomic mass is 32.2. The molecule has 3 nitrogen and oxygen atoms in total. The molecule has 0 fully saturated rings. The number of nitrogens with zero attached hydrogens (tertiary/aromatic N) is 1. The topological polar surface area (TPSA) is 47.0 Å². The SMILES string of the molecule is C#Cc1ccc(S(=O)(=O)c2ccncc2)cc1. The lowest BCUT2D eigenvalue weighted by Crippen LogP contribution is -2.01. The van der Waals surface area contributed by atoms with Gasteiger partial charge in [0.1, 0.15) is 0 Å². The van der Waals surface area contributed by atoms with E-state index in [-0.39, 0.29) is 9.79 Å². The summed E-state index contributed by atoms with van der Waals surface area (Å²) in [5.74, 6) is 2.44. The Morgan fingerprint density at radius 3 is 2.00 bits per heavy atom. The van der Waals surface area contributed by atoms with E-state index >= 15 is 0 Å². The Kier molecular flexibility index (Phi) is 2.94. The zero-order valence-electron chi connectivity index (χ0n) is 8.87. The van der Waals surface area contributed by atoms with Crippen LogP contribution in [0.2, 0.25) is 0 Å². The van der Waals surface area contributed by atoms with Gasteiger partial charge >= 0.3 is 0 Å². The van der Waals surface area contributed by atoms with Gasteiger partial charge in [-0.2, -0.15) is 0 Å². The molecular formula is C13H9NO2S. The maximum Gasteiger partial charge on any atom is 0.206 e. The van der Waals surface area contributed by atoms with Crippen LogP contribution in [0.25, 0.3) is 0 Å². The van der Waals surface area contributed by atoms with E-state index in [1.54, 1.807) is 12.1 Å². The van der Waals surface area contributed by atoms with E-state index < -0.39 is 9.84 Å². The number of hydrogen-bond donors (Lipinski definition) is 0. The molecule has 17 heavy (non-hydrogen) atoms. The van der Waals surface area contributed by atoms with Gasteiger partial charge in [0.2, 0.25) is 9.84 Å². The van der Waals surface area contributed by atoms with Crippen LogP contribution in [-0.4, -0.2) is 13.4 Å². The highest BCUT2D eigenvalue weighted by Crippen LogP contribution is 2.19. The third kappa shape index (κ3) is 2.19. The molecule has 0 amide bonds. The van der Waals surface area contributed by atoms with Gasteiger partial charge in [0.05, 0.1) is 9.79 Å². The zero-order valence-corrected chi connectivity index (χ0v) is 9.68. The first kappa shape index (κ1) is 11.4. The van der Waals surface area contributed by atoms with Gasteiger partial charge in [-0.05, 0) is 36.4 Å². The Hall–Kier alpha value is -2.12. The van der Waals surface area contributed by atoms with Crippen LogP contribution in [0.3, 0.4) is 0 Å². The largest absolute Gasteiger partial charge is 0.265 e. The molecule has 0 N–H and O–H groups in total. The Bertz CT molecular complexity index is 653. The summed E-state index contributed by atoms with van der Waals surface area (Å²) in [4.78, 5) is 4.24. The molecule has 4 heteroatoms. The predicted octanol–water partition coefficient (Wildman–Crippen LogP) is 1.90. The van der Waals surface area contributed by atoms with Gasteiger partial charge in [-0.3, -0.25) is 4.98 Å². The Labute approximate surface area is 100 Å². The Morgan fingerprint density at radius 2 is 1.47 bits per heavy atom. The van der Waals surface area contributed by atoms with Gasteiger partial charge in [-0.25, -0.2) is 8.42 Å². The summed E-state index contributed by atoms with van der Waals surface area (Å²) in [6, 6.07) is 9.15. The van der Waals surface area contributed by atoms with Crippen LogP contribution in [-0.2, 0) is 9.84 Å². The molecule has 0 saturated heterocycles. The predicted molar refractivity (Wildman–Crippen MR) is 64.1 cm³/mol. The van der Waals surface area contributed by atoms with Crippen molar-refractivity contribution in [2.75, 3.05) is 0 Å². The minimum atomic E-state index is -3.47. The van der Waals surface area contributed by atoms with Crippen molar-refractivity contribution in [3.8, 4) is 12.3 Å². The van der Waals surface area contributed by atoms with Crippen molar-refractivity contribution >= 4 is 9.84 Å². The average Bonchev–Trinajstić information content (AvgIpc) is 2.40. The van der Waals surface area contributed by atoms with Gasteiger partial charge in [-0.15, -0.1) is 6.42 Å². The van der Waals surface area contributed by atoms with Gasteiger partial charge < -0.3 is 0 Å². The van der Waals surface area contributed by atoms with Crippen molar-refractivity contribution in [3.63, 3.8) is 0 Å². The summed E-state index contributed by atoms with van der Waals surface area (Å²) < 4.78 is 24.3. The maximum absolute atomic E-state index is 12.2. The van der Waals surface area contributed by atoms with Crippen molar-refractivity contribution < 1.29 is 8.42 Å². The number of terminal acetylenes is 1. The number of rotatable bonds is 2. The van der Waals surface area contributed by atoms with Crippen LogP contribution in [0.5, 0.6) is 0 Å². The van der Waals surface area contributed by atoms with Crippen molar-refractivity contribution in [1.29, 1.82) is 0 Å². The van der Waals surface area contributed by atoms with Crippen molar-refractivity contribution in [3.05, 3.63) is 54.4 Å². The van der Waals surface area contributed by atoms with Gasteiger partial charge in [0.25, 0.3) is 0 Å². The Morgan fingerprint density at radius 1 is 0.941 bits per heavy atom. The molecule has 0 aliphatic heterocycles. The molecule has 2 aromatic rings. The first-order chi connectivity index (χ1) is 8.14. The minimum absolute atomic E-state index is 0.223. The molecule has 2 rings (SSSR count). The second kappa shape index (κ2) is 4.40. The van der Waals surface area contributed by atoms with Crippen LogP contribution < -0.4 is 0 Å². The lowest BCUT2D eigenvalue weighted by atomic mass is 10.2. The summed E-state index contributed by atoms with van der Waals surface area (Å²) in [7, 11) is -3.47. The molecular weight excluding hydrogens is 234 g/mol. The van der Waals surface area contributed by atoms with Crippen molar-refractivity contribution in [1.82, 2.24) is 4.98 Å². The van der Waals surface area contributed by atoms with E-state index in [1.807, 2.05) is 0 Å². The second-order valence-corrected chi connectivity index (χ2v) is 5.30. The highest BCUT2D eigenvalue weighted by Gasteiger charge is 2.16. The van der Waals surface area contributed by atoms with E-state index in [2.05, 4.69) is 10.9 Å². The quantitative estimate of drug-likeness (QED) is 0.757. The first-order valence-corrected chi connectivity index (χ1v) is 6.35. The lowest BCUT2D eigenvalue weighted by Gasteiger charge is -2.03. The number of aromatic nitrogens is 1.